The third-order valence-corrected chi connectivity index (χ3v) is 5.13. The minimum Gasteiger partial charge on any atom is -0.508 e. The van der Waals surface area contributed by atoms with E-state index in [-0.39, 0.29) is 18.4 Å². The molecule has 0 saturated carbocycles. The molecule has 3 heterocycles. The van der Waals surface area contributed by atoms with Crippen LogP contribution in [-0.4, -0.2) is 65.3 Å². The van der Waals surface area contributed by atoms with Crippen LogP contribution in [-0.2, 0) is 35.1 Å². The highest BCUT2D eigenvalue weighted by Gasteiger charge is 2.63. The van der Waals surface area contributed by atoms with Crippen LogP contribution < -0.4 is 10.1 Å². The van der Waals surface area contributed by atoms with Crippen LogP contribution in [0.25, 0.3) is 0 Å². The van der Waals surface area contributed by atoms with E-state index in [2.05, 4.69) is 5.32 Å². The number of ether oxygens (including phenoxy) is 3. The van der Waals surface area contributed by atoms with Gasteiger partial charge in [-0.15, -0.1) is 0 Å². The Bertz CT molecular complexity index is 867. The summed E-state index contributed by atoms with van der Waals surface area (Å²) in [6.45, 7) is 1.22. The highest BCUT2D eigenvalue weighted by Crippen LogP contribution is 2.34. The number of fused-ring (bicyclic) bond motifs is 1. The van der Waals surface area contributed by atoms with Gasteiger partial charge < -0.3 is 24.6 Å². The number of esters is 2. The summed E-state index contributed by atoms with van der Waals surface area (Å²) in [5.41, 5.74) is 1.06. The van der Waals surface area contributed by atoms with Crippen molar-refractivity contribution in [2.75, 3.05) is 19.6 Å². The molecule has 10 nitrogen and oxygen atoms in total. The second-order valence-corrected chi connectivity index (χ2v) is 7.19. The fourth-order valence-electron chi connectivity index (χ4n) is 3.66. The van der Waals surface area contributed by atoms with Gasteiger partial charge in [-0.2, -0.15) is 0 Å². The summed E-state index contributed by atoms with van der Waals surface area (Å²) in [7, 11) is 0. The summed E-state index contributed by atoms with van der Waals surface area (Å²) in [6, 6.07) is 5.09. The number of likely N-dealkylation sites (tertiary alicyclic amines) is 1. The Morgan fingerprint density at radius 1 is 1.17 bits per heavy atom. The fraction of sp³-hybridized carbons (Fsp3) is 0.474. The van der Waals surface area contributed by atoms with Gasteiger partial charge >= 0.3 is 23.6 Å². The Morgan fingerprint density at radius 2 is 1.93 bits per heavy atom. The first kappa shape index (κ1) is 19.2. The third-order valence-electron chi connectivity index (χ3n) is 5.13. The topological polar surface area (TPSA) is 131 Å². The number of hydrogen-bond donors (Lipinski definition) is 2. The molecule has 1 spiro atoms. The lowest BCUT2D eigenvalue weighted by Crippen LogP contribution is -2.42. The number of nitrogens with one attached hydrogen (secondary N) is 1. The zero-order valence-electron chi connectivity index (χ0n) is 15.5. The number of imide groups is 1. The van der Waals surface area contributed by atoms with Crippen molar-refractivity contribution in [1.82, 2.24) is 10.2 Å². The minimum atomic E-state index is -2.12. The number of phenols is 1. The van der Waals surface area contributed by atoms with E-state index in [4.69, 9.17) is 14.2 Å². The molecule has 2 fully saturated rings. The Kier molecular flexibility index (Phi) is 4.87. The second-order valence-electron chi connectivity index (χ2n) is 7.19. The lowest BCUT2D eigenvalue weighted by molar-refractivity contribution is -0.187. The Labute approximate surface area is 165 Å². The molecule has 1 aromatic carbocycles. The van der Waals surface area contributed by atoms with Gasteiger partial charge in [0.15, 0.2) is 0 Å². The van der Waals surface area contributed by atoms with E-state index in [1.165, 1.54) is 0 Å². The molecule has 3 aliphatic rings. The van der Waals surface area contributed by atoms with Gasteiger partial charge in [0.2, 0.25) is 5.91 Å². The number of aryl methyl sites for hydroxylation is 1. The van der Waals surface area contributed by atoms with Gasteiger partial charge in [-0.25, -0.2) is 9.59 Å². The molecule has 29 heavy (non-hydrogen) atoms. The van der Waals surface area contributed by atoms with Crippen molar-refractivity contribution in [2.24, 2.45) is 0 Å². The molecule has 2 saturated heterocycles. The molecule has 10 heteroatoms. The SMILES string of the molecule is O=C1OC2(CC(=O)N(CCCNCC3CCc4ccc(O)cc4O3)C2=O)OC1=O. The van der Waals surface area contributed by atoms with E-state index in [0.29, 0.717) is 25.3 Å². The Hall–Kier alpha value is -3.14. The first-order valence-corrected chi connectivity index (χ1v) is 9.38. The van der Waals surface area contributed by atoms with Crippen LogP contribution in [0.2, 0.25) is 0 Å². The predicted molar refractivity (Wildman–Crippen MR) is 94.6 cm³/mol. The van der Waals surface area contributed by atoms with Gasteiger partial charge in [-0.05, 0) is 37.4 Å². The molecule has 2 amide bonds. The Morgan fingerprint density at radius 3 is 2.69 bits per heavy atom. The van der Waals surface area contributed by atoms with Crippen LogP contribution in [0.5, 0.6) is 11.5 Å². The number of benzene rings is 1. The first-order chi connectivity index (χ1) is 13.9. The maximum absolute atomic E-state index is 12.4. The van der Waals surface area contributed by atoms with E-state index < -0.39 is 36.0 Å². The number of carbonyl (C=O) groups excluding carboxylic acids is 4. The number of carbonyl (C=O) groups is 4. The Balaban J connectivity index is 1.21. The van der Waals surface area contributed by atoms with Gasteiger partial charge in [0.05, 0.1) is 0 Å². The molecule has 0 radical (unpaired) electrons. The minimum absolute atomic E-state index is 0.0417. The van der Waals surface area contributed by atoms with Crippen LogP contribution in [0.15, 0.2) is 18.2 Å². The van der Waals surface area contributed by atoms with E-state index in [1.54, 1.807) is 12.1 Å². The number of hydrogen-bond acceptors (Lipinski definition) is 9. The van der Waals surface area contributed by atoms with Crippen molar-refractivity contribution in [1.29, 1.82) is 0 Å². The van der Waals surface area contributed by atoms with Crippen LogP contribution >= 0.6 is 0 Å². The van der Waals surface area contributed by atoms with Crippen molar-refractivity contribution in [3.05, 3.63) is 23.8 Å². The predicted octanol–water partition coefficient (Wildman–Crippen LogP) is -0.379. The smallest absolute Gasteiger partial charge is 0.421 e. The van der Waals surface area contributed by atoms with Gasteiger partial charge in [-0.3, -0.25) is 14.5 Å². The van der Waals surface area contributed by atoms with Crippen molar-refractivity contribution >= 4 is 23.8 Å². The largest absolute Gasteiger partial charge is 0.508 e. The number of aromatic hydroxyl groups is 1. The van der Waals surface area contributed by atoms with E-state index in [0.717, 1.165) is 23.3 Å². The maximum Gasteiger partial charge on any atom is 0.421 e. The fourth-order valence-corrected chi connectivity index (χ4v) is 3.66. The number of amides is 2. The molecule has 1 unspecified atom stereocenters. The van der Waals surface area contributed by atoms with Crippen LogP contribution in [0.3, 0.4) is 0 Å². The molecule has 0 aromatic heterocycles. The molecule has 0 bridgehead atoms. The summed E-state index contributed by atoms with van der Waals surface area (Å²) in [6.07, 6.45) is 1.64. The average molecular weight is 404 g/mol. The van der Waals surface area contributed by atoms with Crippen molar-refractivity contribution in [3.8, 4) is 11.5 Å². The summed E-state index contributed by atoms with van der Waals surface area (Å²) in [4.78, 5) is 47.9. The van der Waals surface area contributed by atoms with Gasteiger partial charge in [0.1, 0.15) is 24.0 Å². The summed E-state index contributed by atoms with van der Waals surface area (Å²) < 4.78 is 15.3. The van der Waals surface area contributed by atoms with Crippen molar-refractivity contribution < 1.29 is 38.5 Å². The average Bonchev–Trinajstić information content (AvgIpc) is 3.09. The second kappa shape index (κ2) is 7.36. The molecule has 0 aliphatic carbocycles. The van der Waals surface area contributed by atoms with Gasteiger partial charge in [-0.1, -0.05) is 6.07 Å². The van der Waals surface area contributed by atoms with Gasteiger partial charge in [0, 0.05) is 19.2 Å². The first-order valence-electron chi connectivity index (χ1n) is 9.38. The van der Waals surface area contributed by atoms with E-state index in [1.807, 2.05) is 6.07 Å². The van der Waals surface area contributed by atoms with Crippen LogP contribution in [0, 0.1) is 0 Å². The lowest BCUT2D eigenvalue weighted by atomic mass is 10.0. The highest BCUT2D eigenvalue weighted by atomic mass is 16.8. The third kappa shape index (κ3) is 3.63. The summed E-state index contributed by atoms with van der Waals surface area (Å²) in [5.74, 6) is -5.18. The molecule has 154 valence electrons. The molecular weight excluding hydrogens is 384 g/mol. The molecule has 1 aromatic rings. The molecular formula is C19H20N2O8. The standard InChI is InChI=1S/C19H20N2O8/c22-12-4-2-11-3-5-13(27-14(11)8-12)10-20-6-1-7-21-15(23)9-19(18(21)26)28-16(24)17(25)29-19/h2,4,8,13,20,22H,1,3,5-7,9-10H2. The summed E-state index contributed by atoms with van der Waals surface area (Å²) >= 11 is 0. The number of phenolic OH excluding ortho intramolecular Hbond substituents is 1. The monoisotopic (exact) mass is 404 g/mol. The molecule has 1 atom stereocenters. The quantitative estimate of drug-likeness (QED) is 0.282. The summed E-state index contributed by atoms with van der Waals surface area (Å²) in [5, 5.41) is 12.8. The van der Waals surface area contributed by atoms with Crippen molar-refractivity contribution in [2.45, 2.75) is 37.6 Å². The van der Waals surface area contributed by atoms with E-state index in [9.17, 15) is 24.3 Å². The van der Waals surface area contributed by atoms with Crippen molar-refractivity contribution in [3.63, 3.8) is 0 Å². The molecule has 2 N–H and O–H groups in total. The maximum atomic E-state index is 12.4. The number of rotatable bonds is 6. The highest BCUT2D eigenvalue weighted by molar-refractivity contribution is 6.33. The number of nitrogens with zero attached hydrogens (tertiary/aromatic N) is 1. The van der Waals surface area contributed by atoms with Gasteiger partial charge in [0.25, 0.3) is 0 Å². The van der Waals surface area contributed by atoms with E-state index >= 15 is 0 Å². The molecule has 3 aliphatic heterocycles. The van der Waals surface area contributed by atoms with Crippen LogP contribution in [0.4, 0.5) is 0 Å². The zero-order valence-corrected chi connectivity index (χ0v) is 15.5. The normalized spacial score (nSPS) is 22.5. The zero-order chi connectivity index (χ0) is 20.6. The lowest BCUT2D eigenvalue weighted by Gasteiger charge is -2.26. The van der Waals surface area contributed by atoms with Crippen LogP contribution in [0.1, 0.15) is 24.8 Å². The molecule has 4 rings (SSSR count).